The third-order valence-corrected chi connectivity index (χ3v) is 4.21. The number of fused-ring (bicyclic) bond motifs is 1. The third kappa shape index (κ3) is 4.73. The van der Waals surface area contributed by atoms with Gasteiger partial charge in [-0.3, -0.25) is 4.79 Å². The Morgan fingerprint density at radius 3 is 2.92 bits per heavy atom. The van der Waals surface area contributed by atoms with E-state index in [0.717, 1.165) is 30.8 Å². The predicted octanol–water partition coefficient (Wildman–Crippen LogP) is 3.10. The zero-order valence-corrected chi connectivity index (χ0v) is 14.5. The Kier molecular flexibility index (Phi) is 5.90. The number of nitrogens with zero attached hydrogens (tertiary/aromatic N) is 1. The van der Waals surface area contributed by atoms with Crippen LogP contribution in [0, 0.1) is 0 Å². The van der Waals surface area contributed by atoms with Gasteiger partial charge < -0.3 is 19.7 Å². The second-order valence-corrected chi connectivity index (χ2v) is 6.07. The highest BCUT2D eigenvalue weighted by Crippen LogP contribution is 2.26. The molecule has 132 valence electrons. The zero-order chi connectivity index (χ0) is 17.5. The van der Waals surface area contributed by atoms with Crippen molar-refractivity contribution in [3.8, 4) is 5.75 Å². The summed E-state index contributed by atoms with van der Waals surface area (Å²) in [6.45, 7) is 2.28. The molecular formula is C20H24N2O3. The number of methoxy groups -OCH3 is 1. The van der Waals surface area contributed by atoms with Crippen LogP contribution in [0.25, 0.3) is 0 Å². The molecule has 2 aromatic rings. The molecular weight excluding hydrogens is 316 g/mol. The van der Waals surface area contributed by atoms with Crippen molar-refractivity contribution in [2.45, 2.75) is 12.8 Å². The van der Waals surface area contributed by atoms with E-state index in [0.29, 0.717) is 19.8 Å². The molecule has 0 aromatic heterocycles. The van der Waals surface area contributed by atoms with Crippen LogP contribution in [0.3, 0.4) is 0 Å². The molecule has 25 heavy (non-hydrogen) atoms. The Morgan fingerprint density at radius 1 is 1.16 bits per heavy atom. The Bertz CT molecular complexity index is 718. The van der Waals surface area contributed by atoms with E-state index in [4.69, 9.17) is 9.47 Å². The standard InChI is InChI=1S/C20H24N2O3/c1-24-12-13-25-18-9-4-8-17(14-18)21-20(23)15-22-11-5-7-16-6-2-3-10-19(16)22/h2-4,6,8-10,14H,5,7,11-13,15H2,1H3,(H,21,23). The first kappa shape index (κ1) is 17.3. The van der Waals surface area contributed by atoms with Gasteiger partial charge in [-0.15, -0.1) is 0 Å². The van der Waals surface area contributed by atoms with Crippen molar-refractivity contribution in [2.24, 2.45) is 0 Å². The highest BCUT2D eigenvalue weighted by molar-refractivity contribution is 5.94. The minimum atomic E-state index is -0.0225. The largest absolute Gasteiger partial charge is 0.491 e. The van der Waals surface area contributed by atoms with Crippen LogP contribution >= 0.6 is 0 Å². The molecule has 2 aromatic carbocycles. The van der Waals surface area contributed by atoms with Gasteiger partial charge in [0, 0.05) is 31.1 Å². The molecule has 5 nitrogen and oxygen atoms in total. The monoisotopic (exact) mass is 340 g/mol. The van der Waals surface area contributed by atoms with E-state index in [1.54, 1.807) is 7.11 Å². The predicted molar refractivity (Wildman–Crippen MR) is 99.4 cm³/mol. The Labute approximate surface area is 148 Å². The first-order valence-electron chi connectivity index (χ1n) is 8.61. The van der Waals surface area contributed by atoms with Crippen molar-refractivity contribution < 1.29 is 14.3 Å². The number of rotatable bonds is 7. The molecule has 0 radical (unpaired) electrons. The van der Waals surface area contributed by atoms with Gasteiger partial charge in [-0.25, -0.2) is 0 Å². The molecule has 0 unspecified atom stereocenters. The van der Waals surface area contributed by atoms with Crippen LogP contribution in [0.5, 0.6) is 5.75 Å². The van der Waals surface area contributed by atoms with Crippen LogP contribution < -0.4 is 15.0 Å². The van der Waals surface area contributed by atoms with Crippen LogP contribution in [0.1, 0.15) is 12.0 Å². The van der Waals surface area contributed by atoms with Gasteiger partial charge in [0.2, 0.25) is 5.91 Å². The van der Waals surface area contributed by atoms with Crippen LogP contribution in [0.4, 0.5) is 11.4 Å². The maximum absolute atomic E-state index is 12.4. The molecule has 1 aliphatic heterocycles. The third-order valence-electron chi connectivity index (χ3n) is 4.21. The van der Waals surface area contributed by atoms with Crippen molar-refractivity contribution in [1.29, 1.82) is 0 Å². The Hall–Kier alpha value is -2.53. The molecule has 1 amide bonds. The van der Waals surface area contributed by atoms with E-state index in [2.05, 4.69) is 28.4 Å². The minimum Gasteiger partial charge on any atom is -0.491 e. The molecule has 0 aliphatic carbocycles. The molecule has 1 N–H and O–H groups in total. The Morgan fingerprint density at radius 2 is 2.04 bits per heavy atom. The summed E-state index contributed by atoms with van der Waals surface area (Å²) in [5.74, 6) is 0.698. The van der Waals surface area contributed by atoms with E-state index < -0.39 is 0 Å². The average Bonchev–Trinajstić information content (AvgIpc) is 2.62. The lowest BCUT2D eigenvalue weighted by Gasteiger charge is -2.30. The second kappa shape index (κ2) is 8.53. The van der Waals surface area contributed by atoms with Gasteiger partial charge in [0.1, 0.15) is 12.4 Å². The fraction of sp³-hybridized carbons (Fsp3) is 0.350. The molecule has 1 aliphatic rings. The lowest BCUT2D eigenvalue weighted by atomic mass is 10.0. The molecule has 5 heteroatoms. The normalized spacial score (nSPS) is 13.2. The highest BCUT2D eigenvalue weighted by Gasteiger charge is 2.18. The quantitative estimate of drug-likeness (QED) is 0.787. The number of hydrogen-bond acceptors (Lipinski definition) is 4. The van der Waals surface area contributed by atoms with Gasteiger partial charge in [-0.05, 0) is 36.6 Å². The summed E-state index contributed by atoms with van der Waals surface area (Å²) in [4.78, 5) is 14.6. The SMILES string of the molecule is COCCOc1cccc(NC(=O)CN2CCCc3ccccc32)c1. The van der Waals surface area contributed by atoms with Crippen LogP contribution in [-0.2, 0) is 16.0 Å². The first-order chi connectivity index (χ1) is 12.3. The number of amides is 1. The van der Waals surface area contributed by atoms with Gasteiger partial charge in [0.25, 0.3) is 0 Å². The zero-order valence-electron chi connectivity index (χ0n) is 14.5. The highest BCUT2D eigenvalue weighted by atomic mass is 16.5. The topological polar surface area (TPSA) is 50.8 Å². The van der Waals surface area contributed by atoms with Crippen molar-refractivity contribution in [3.05, 3.63) is 54.1 Å². The molecule has 0 saturated heterocycles. The van der Waals surface area contributed by atoms with Gasteiger partial charge in [0.15, 0.2) is 0 Å². The van der Waals surface area contributed by atoms with E-state index in [-0.39, 0.29) is 5.91 Å². The fourth-order valence-corrected chi connectivity index (χ4v) is 3.06. The molecule has 3 rings (SSSR count). The number of anilines is 2. The van der Waals surface area contributed by atoms with Gasteiger partial charge >= 0.3 is 0 Å². The number of para-hydroxylation sites is 1. The number of ether oxygens (including phenoxy) is 2. The van der Waals surface area contributed by atoms with Crippen molar-refractivity contribution in [3.63, 3.8) is 0 Å². The molecule has 0 saturated carbocycles. The van der Waals surface area contributed by atoms with Crippen molar-refractivity contribution in [1.82, 2.24) is 0 Å². The number of hydrogen-bond donors (Lipinski definition) is 1. The van der Waals surface area contributed by atoms with E-state index in [1.165, 1.54) is 11.3 Å². The van der Waals surface area contributed by atoms with Gasteiger partial charge in [-0.2, -0.15) is 0 Å². The summed E-state index contributed by atoms with van der Waals surface area (Å²) in [7, 11) is 1.64. The Balaban J connectivity index is 1.59. The maximum Gasteiger partial charge on any atom is 0.243 e. The summed E-state index contributed by atoms with van der Waals surface area (Å²) in [6, 6.07) is 15.7. The summed E-state index contributed by atoms with van der Waals surface area (Å²) in [6.07, 6.45) is 2.16. The summed E-state index contributed by atoms with van der Waals surface area (Å²) < 4.78 is 10.5. The van der Waals surface area contributed by atoms with Crippen molar-refractivity contribution in [2.75, 3.05) is 43.6 Å². The summed E-state index contributed by atoms with van der Waals surface area (Å²) in [5, 5.41) is 2.96. The smallest absolute Gasteiger partial charge is 0.243 e. The summed E-state index contributed by atoms with van der Waals surface area (Å²) >= 11 is 0. The molecule has 0 atom stereocenters. The lowest BCUT2D eigenvalue weighted by Crippen LogP contribution is -2.36. The number of carbonyl (C=O) groups is 1. The second-order valence-electron chi connectivity index (χ2n) is 6.07. The van der Waals surface area contributed by atoms with Crippen LogP contribution in [0.15, 0.2) is 48.5 Å². The molecule has 0 spiro atoms. The number of nitrogens with one attached hydrogen (secondary N) is 1. The maximum atomic E-state index is 12.4. The number of benzene rings is 2. The fourth-order valence-electron chi connectivity index (χ4n) is 3.06. The van der Waals surface area contributed by atoms with Gasteiger partial charge in [0.05, 0.1) is 13.2 Å². The lowest BCUT2D eigenvalue weighted by molar-refractivity contribution is -0.115. The minimum absolute atomic E-state index is 0.0225. The average molecular weight is 340 g/mol. The van der Waals surface area contributed by atoms with E-state index in [1.807, 2.05) is 30.3 Å². The van der Waals surface area contributed by atoms with Crippen LogP contribution in [0.2, 0.25) is 0 Å². The molecule has 0 fully saturated rings. The van der Waals surface area contributed by atoms with Gasteiger partial charge in [-0.1, -0.05) is 24.3 Å². The molecule has 1 heterocycles. The molecule has 0 bridgehead atoms. The first-order valence-corrected chi connectivity index (χ1v) is 8.61. The van der Waals surface area contributed by atoms with Crippen LogP contribution in [-0.4, -0.2) is 39.3 Å². The van der Waals surface area contributed by atoms with Crippen molar-refractivity contribution >= 4 is 17.3 Å². The number of carbonyl (C=O) groups excluding carboxylic acids is 1. The van der Waals surface area contributed by atoms with E-state index >= 15 is 0 Å². The number of aryl methyl sites for hydroxylation is 1. The summed E-state index contributed by atoms with van der Waals surface area (Å²) in [5.41, 5.74) is 3.22. The van der Waals surface area contributed by atoms with E-state index in [9.17, 15) is 4.79 Å².